The molecule has 110 valence electrons. The van der Waals surface area contributed by atoms with Gasteiger partial charge in [-0.05, 0) is 26.2 Å². The Balaban J connectivity index is 2.51. The van der Waals surface area contributed by atoms with Crippen LogP contribution in [0.3, 0.4) is 0 Å². The number of unbranched alkanes of at least 4 members (excludes halogenated alkanes) is 1. The van der Waals surface area contributed by atoms with Crippen molar-refractivity contribution in [2.75, 3.05) is 20.2 Å². The molecule has 1 heterocycles. The van der Waals surface area contributed by atoms with Crippen molar-refractivity contribution in [3.8, 4) is 0 Å². The normalized spacial score (nSPS) is 18.2. The van der Waals surface area contributed by atoms with Crippen molar-refractivity contribution in [2.45, 2.75) is 58.0 Å². The topological polar surface area (TPSA) is 58.6 Å². The van der Waals surface area contributed by atoms with Crippen LogP contribution in [0.2, 0.25) is 0 Å². The summed E-state index contributed by atoms with van der Waals surface area (Å²) in [5.41, 5.74) is 0. The number of carbonyl (C=O) groups is 2. The fourth-order valence-corrected chi connectivity index (χ4v) is 2.40. The molecule has 0 aromatic rings. The van der Waals surface area contributed by atoms with Crippen LogP contribution in [0.15, 0.2) is 0 Å². The molecule has 0 aromatic heterocycles. The molecule has 2 unspecified atom stereocenters. The summed E-state index contributed by atoms with van der Waals surface area (Å²) < 4.78 is 4.79. The summed E-state index contributed by atoms with van der Waals surface area (Å²) in [5, 5.41) is 3.11. The summed E-state index contributed by atoms with van der Waals surface area (Å²) in [6.45, 7) is 5.57. The van der Waals surface area contributed by atoms with E-state index in [0.29, 0.717) is 6.42 Å². The van der Waals surface area contributed by atoms with Crippen molar-refractivity contribution >= 4 is 11.9 Å². The van der Waals surface area contributed by atoms with Crippen LogP contribution in [-0.4, -0.2) is 49.1 Å². The van der Waals surface area contributed by atoms with E-state index in [-0.39, 0.29) is 24.0 Å². The van der Waals surface area contributed by atoms with Crippen molar-refractivity contribution in [2.24, 2.45) is 0 Å². The van der Waals surface area contributed by atoms with Crippen molar-refractivity contribution in [1.82, 2.24) is 10.2 Å². The lowest BCUT2D eigenvalue weighted by Gasteiger charge is -2.24. The van der Waals surface area contributed by atoms with Crippen molar-refractivity contribution in [3.63, 3.8) is 0 Å². The highest BCUT2D eigenvalue weighted by Crippen LogP contribution is 2.10. The molecule has 1 aliphatic rings. The van der Waals surface area contributed by atoms with Gasteiger partial charge in [-0.25, -0.2) is 0 Å². The number of nitrogens with zero attached hydrogens (tertiary/aromatic N) is 1. The third-order valence-corrected chi connectivity index (χ3v) is 3.57. The first-order chi connectivity index (χ1) is 9.10. The van der Waals surface area contributed by atoms with E-state index in [1.54, 1.807) is 0 Å². The second-order valence-electron chi connectivity index (χ2n) is 5.14. The SMILES string of the molecule is CCCCC(NC(C)C(=O)N1CCCC1)C(=O)OC. The van der Waals surface area contributed by atoms with E-state index in [0.717, 1.165) is 38.8 Å². The number of hydrogen-bond acceptors (Lipinski definition) is 4. The maximum atomic E-state index is 12.2. The maximum Gasteiger partial charge on any atom is 0.322 e. The van der Waals surface area contributed by atoms with E-state index in [4.69, 9.17) is 4.74 Å². The fourth-order valence-electron chi connectivity index (χ4n) is 2.40. The highest BCUT2D eigenvalue weighted by molar-refractivity contribution is 5.83. The Morgan fingerprint density at radius 2 is 1.95 bits per heavy atom. The van der Waals surface area contributed by atoms with Gasteiger partial charge in [0.25, 0.3) is 0 Å². The minimum atomic E-state index is -0.383. The van der Waals surface area contributed by atoms with Crippen LogP contribution in [-0.2, 0) is 14.3 Å². The standard InChI is InChI=1S/C14H26N2O3/c1-4-5-8-12(14(18)19-3)15-11(2)13(17)16-9-6-7-10-16/h11-12,15H,4-10H2,1-3H3. The van der Waals surface area contributed by atoms with Gasteiger partial charge in [0.1, 0.15) is 6.04 Å². The molecule has 5 heteroatoms. The molecular weight excluding hydrogens is 244 g/mol. The maximum absolute atomic E-state index is 12.2. The highest BCUT2D eigenvalue weighted by Gasteiger charge is 2.27. The summed E-state index contributed by atoms with van der Waals surface area (Å²) in [6, 6.07) is -0.717. The lowest BCUT2D eigenvalue weighted by molar-refractivity contribution is -0.144. The molecule has 2 atom stereocenters. The van der Waals surface area contributed by atoms with E-state index in [1.807, 2.05) is 11.8 Å². The van der Waals surface area contributed by atoms with Crippen LogP contribution in [0.5, 0.6) is 0 Å². The van der Waals surface area contributed by atoms with Crippen LogP contribution >= 0.6 is 0 Å². The fraction of sp³-hybridized carbons (Fsp3) is 0.857. The number of rotatable bonds is 7. The zero-order chi connectivity index (χ0) is 14.3. The number of carbonyl (C=O) groups excluding carboxylic acids is 2. The predicted octanol–water partition coefficient (Wildman–Crippen LogP) is 1.32. The summed E-state index contributed by atoms with van der Waals surface area (Å²) in [5.74, 6) is -0.197. The summed E-state index contributed by atoms with van der Waals surface area (Å²) in [6.07, 6.45) is 4.82. The first kappa shape index (κ1) is 16.0. The Bertz CT molecular complexity index is 301. The second-order valence-corrected chi connectivity index (χ2v) is 5.14. The van der Waals surface area contributed by atoms with Crippen LogP contribution in [0, 0.1) is 0 Å². The van der Waals surface area contributed by atoms with E-state index in [2.05, 4.69) is 12.2 Å². The lowest BCUT2D eigenvalue weighted by atomic mass is 10.1. The van der Waals surface area contributed by atoms with Gasteiger partial charge >= 0.3 is 5.97 Å². The molecule has 1 aliphatic heterocycles. The van der Waals surface area contributed by atoms with E-state index >= 15 is 0 Å². The predicted molar refractivity (Wildman–Crippen MR) is 73.7 cm³/mol. The van der Waals surface area contributed by atoms with Gasteiger partial charge in [0, 0.05) is 13.1 Å². The zero-order valence-corrected chi connectivity index (χ0v) is 12.3. The van der Waals surface area contributed by atoms with Gasteiger partial charge in [-0.1, -0.05) is 19.8 Å². The van der Waals surface area contributed by atoms with Crippen molar-refractivity contribution in [1.29, 1.82) is 0 Å². The molecule has 0 bridgehead atoms. The van der Waals surface area contributed by atoms with Gasteiger partial charge in [-0.3, -0.25) is 14.9 Å². The minimum Gasteiger partial charge on any atom is -0.468 e. The molecular formula is C14H26N2O3. The molecule has 1 saturated heterocycles. The average Bonchev–Trinajstić information content (AvgIpc) is 2.95. The van der Waals surface area contributed by atoms with Gasteiger partial charge in [0.05, 0.1) is 13.2 Å². The molecule has 19 heavy (non-hydrogen) atoms. The summed E-state index contributed by atoms with van der Waals surface area (Å²) in [7, 11) is 1.38. The highest BCUT2D eigenvalue weighted by atomic mass is 16.5. The quantitative estimate of drug-likeness (QED) is 0.709. The molecule has 1 rings (SSSR count). The molecule has 0 aliphatic carbocycles. The Labute approximate surface area is 115 Å². The van der Waals surface area contributed by atoms with Crippen molar-refractivity contribution < 1.29 is 14.3 Å². The number of likely N-dealkylation sites (tertiary alicyclic amines) is 1. The molecule has 0 saturated carbocycles. The number of ether oxygens (including phenoxy) is 1. The number of hydrogen-bond donors (Lipinski definition) is 1. The Morgan fingerprint density at radius 3 is 2.47 bits per heavy atom. The van der Waals surface area contributed by atoms with E-state index in [1.165, 1.54) is 7.11 Å². The summed E-state index contributed by atoms with van der Waals surface area (Å²) in [4.78, 5) is 25.7. The molecule has 0 radical (unpaired) electrons. The van der Waals surface area contributed by atoms with Gasteiger partial charge in [-0.15, -0.1) is 0 Å². The first-order valence-electron chi connectivity index (χ1n) is 7.22. The second kappa shape index (κ2) is 8.15. The zero-order valence-electron chi connectivity index (χ0n) is 12.3. The van der Waals surface area contributed by atoms with Crippen molar-refractivity contribution in [3.05, 3.63) is 0 Å². The number of methoxy groups -OCH3 is 1. The third-order valence-electron chi connectivity index (χ3n) is 3.57. The van der Waals surface area contributed by atoms with Crippen LogP contribution in [0.4, 0.5) is 0 Å². The van der Waals surface area contributed by atoms with Crippen LogP contribution < -0.4 is 5.32 Å². The van der Waals surface area contributed by atoms with Crippen LogP contribution in [0.1, 0.15) is 46.0 Å². The molecule has 1 fully saturated rings. The number of amides is 1. The first-order valence-corrected chi connectivity index (χ1v) is 7.22. The largest absolute Gasteiger partial charge is 0.468 e. The number of esters is 1. The molecule has 1 amide bonds. The molecule has 1 N–H and O–H groups in total. The Kier molecular flexibility index (Phi) is 6.84. The lowest BCUT2D eigenvalue weighted by Crippen LogP contribution is -2.50. The Morgan fingerprint density at radius 1 is 1.32 bits per heavy atom. The van der Waals surface area contributed by atoms with E-state index < -0.39 is 0 Å². The number of nitrogens with one attached hydrogen (secondary N) is 1. The monoisotopic (exact) mass is 270 g/mol. The van der Waals surface area contributed by atoms with E-state index in [9.17, 15) is 9.59 Å². The Hall–Kier alpha value is -1.10. The smallest absolute Gasteiger partial charge is 0.322 e. The van der Waals surface area contributed by atoms with Gasteiger partial charge in [0.15, 0.2) is 0 Å². The minimum absolute atomic E-state index is 0.0860. The van der Waals surface area contributed by atoms with Gasteiger partial charge in [0.2, 0.25) is 5.91 Å². The third kappa shape index (κ3) is 4.82. The van der Waals surface area contributed by atoms with Gasteiger partial charge < -0.3 is 9.64 Å². The van der Waals surface area contributed by atoms with Crippen LogP contribution in [0.25, 0.3) is 0 Å². The average molecular weight is 270 g/mol. The summed E-state index contributed by atoms with van der Waals surface area (Å²) >= 11 is 0. The molecule has 0 aromatic carbocycles. The van der Waals surface area contributed by atoms with Gasteiger partial charge in [-0.2, -0.15) is 0 Å². The molecule has 5 nitrogen and oxygen atoms in total. The molecule has 0 spiro atoms.